The fourth-order valence-corrected chi connectivity index (χ4v) is 3.15. The monoisotopic (exact) mass is 400 g/mol. The van der Waals surface area contributed by atoms with Gasteiger partial charge < -0.3 is 14.6 Å². The lowest BCUT2D eigenvalue weighted by Crippen LogP contribution is -2.20. The second-order valence-corrected chi connectivity index (χ2v) is 6.91. The minimum absolute atomic E-state index is 0.00225. The number of thioether (sulfide) groups is 1. The Morgan fingerprint density at radius 1 is 1.14 bits per heavy atom. The number of carbonyl (C=O) groups is 1. The molecule has 0 aliphatic carbocycles. The molecule has 0 fully saturated rings. The van der Waals surface area contributed by atoms with Crippen LogP contribution in [0, 0.1) is 0 Å². The number of aliphatic hydroxyl groups is 1. The maximum absolute atomic E-state index is 11.3. The third-order valence-corrected chi connectivity index (χ3v) is 4.93. The van der Waals surface area contributed by atoms with E-state index in [4.69, 9.17) is 9.47 Å². The van der Waals surface area contributed by atoms with E-state index in [-0.39, 0.29) is 12.4 Å². The lowest BCUT2D eigenvalue weighted by atomic mass is 10.1. The van der Waals surface area contributed by atoms with E-state index in [2.05, 4.69) is 15.5 Å². The van der Waals surface area contributed by atoms with Crippen LogP contribution >= 0.6 is 11.8 Å². The highest BCUT2D eigenvalue weighted by Crippen LogP contribution is 2.21. The van der Waals surface area contributed by atoms with Crippen LogP contribution in [0.15, 0.2) is 53.7 Å². The molecule has 8 nitrogen and oxygen atoms in total. The zero-order valence-electron chi connectivity index (χ0n) is 15.5. The van der Waals surface area contributed by atoms with E-state index in [1.165, 1.54) is 18.7 Å². The van der Waals surface area contributed by atoms with Crippen molar-refractivity contribution in [3.05, 3.63) is 54.1 Å². The molecule has 1 N–H and O–H groups in total. The number of aromatic nitrogens is 4. The van der Waals surface area contributed by atoms with E-state index in [1.54, 1.807) is 36.1 Å². The Hall–Kier alpha value is -2.91. The number of hydrogen-bond donors (Lipinski definition) is 1. The summed E-state index contributed by atoms with van der Waals surface area (Å²) in [6, 6.07) is 14.2. The second-order valence-electron chi connectivity index (χ2n) is 5.93. The molecule has 0 aliphatic heterocycles. The number of Topliss-reactive ketones (excluding diaryl/α,β-unsaturated/α-hetero) is 1. The van der Waals surface area contributed by atoms with Crippen LogP contribution in [0.25, 0.3) is 5.69 Å². The fraction of sp³-hybridized carbons (Fsp3) is 0.263. The molecule has 146 valence electrons. The van der Waals surface area contributed by atoms with Crippen molar-refractivity contribution in [3.8, 4) is 17.2 Å². The maximum atomic E-state index is 11.3. The van der Waals surface area contributed by atoms with Crippen molar-refractivity contribution in [2.45, 2.75) is 18.2 Å². The van der Waals surface area contributed by atoms with E-state index >= 15 is 0 Å². The van der Waals surface area contributed by atoms with Crippen molar-refractivity contribution in [2.24, 2.45) is 0 Å². The van der Waals surface area contributed by atoms with Gasteiger partial charge in [0.2, 0.25) is 5.16 Å². The van der Waals surface area contributed by atoms with Gasteiger partial charge in [0.05, 0.1) is 18.9 Å². The lowest BCUT2D eigenvalue weighted by molar-refractivity contribution is 0.101. The van der Waals surface area contributed by atoms with Crippen molar-refractivity contribution < 1.29 is 19.4 Å². The average Bonchev–Trinajstić information content (AvgIpc) is 3.19. The van der Waals surface area contributed by atoms with Crippen LogP contribution in [-0.4, -0.2) is 56.7 Å². The van der Waals surface area contributed by atoms with Crippen LogP contribution in [0.1, 0.15) is 17.3 Å². The molecule has 0 bridgehead atoms. The number of benzene rings is 2. The molecule has 2 aromatic carbocycles. The van der Waals surface area contributed by atoms with E-state index in [0.29, 0.717) is 22.2 Å². The van der Waals surface area contributed by atoms with Crippen molar-refractivity contribution >= 4 is 17.5 Å². The van der Waals surface area contributed by atoms with Crippen molar-refractivity contribution in [1.82, 2.24) is 20.2 Å². The molecule has 3 aromatic rings. The molecule has 0 unspecified atom stereocenters. The highest BCUT2D eigenvalue weighted by atomic mass is 32.2. The van der Waals surface area contributed by atoms with Gasteiger partial charge in [-0.2, -0.15) is 4.68 Å². The molecule has 0 radical (unpaired) electrons. The zero-order chi connectivity index (χ0) is 19.9. The Labute approximate surface area is 166 Å². The summed E-state index contributed by atoms with van der Waals surface area (Å²) in [6.07, 6.45) is -0.710. The van der Waals surface area contributed by atoms with Crippen LogP contribution in [-0.2, 0) is 0 Å². The van der Waals surface area contributed by atoms with Crippen molar-refractivity contribution in [2.75, 3.05) is 19.5 Å². The first kappa shape index (κ1) is 19.8. The van der Waals surface area contributed by atoms with Crippen LogP contribution in [0.2, 0.25) is 0 Å². The molecule has 0 saturated heterocycles. The van der Waals surface area contributed by atoms with E-state index < -0.39 is 6.10 Å². The van der Waals surface area contributed by atoms with Crippen molar-refractivity contribution in [3.63, 3.8) is 0 Å². The number of nitrogens with zero attached hydrogens (tertiary/aromatic N) is 4. The number of rotatable bonds is 9. The molecule has 1 heterocycles. The van der Waals surface area contributed by atoms with Gasteiger partial charge in [0.25, 0.3) is 0 Å². The predicted molar refractivity (Wildman–Crippen MR) is 104 cm³/mol. The lowest BCUT2D eigenvalue weighted by Gasteiger charge is -2.12. The quantitative estimate of drug-likeness (QED) is 0.432. The first-order chi connectivity index (χ1) is 13.6. The summed E-state index contributed by atoms with van der Waals surface area (Å²) in [6.45, 7) is 1.63. The molecule has 3 rings (SSSR count). The van der Waals surface area contributed by atoms with E-state index in [0.717, 1.165) is 11.4 Å². The summed E-state index contributed by atoms with van der Waals surface area (Å²) < 4.78 is 12.3. The standard InChI is InChI=1S/C19H20N4O4S/c1-13(24)14-3-7-18(8-4-14)27-11-16(25)12-28-19-20-21-22-23(19)15-5-9-17(26-2)10-6-15/h3-10,16,25H,11-12H2,1-2H3/t16-/m1/s1. The number of ether oxygens (including phenoxy) is 2. The molecule has 1 atom stereocenters. The topological polar surface area (TPSA) is 99.4 Å². The molecule has 28 heavy (non-hydrogen) atoms. The Morgan fingerprint density at radius 3 is 2.46 bits per heavy atom. The third-order valence-electron chi connectivity index (χ3n) is 3.87. The Kier molecular flexibility index (Phi) is 6.62. The largest absolute Gasteiger partial charge is 0.497 e. The molecule has 0 aliphatic rings. The first-order valence-electron chi connectivity index (χ1n) is 8.54. The van der Waals surface area contributed by atoms with Gasteiger partial charge in [-0.15, -0.1) is 5.10 Å². The van der Waals surface area contributed by atoms with Gasteiger partial charge >= 0.3 is 0 Å². The summed E-state index contributed by atoms with van der Waals surface area (Å²) >= 11 is 1.33. The normalized spacial score (nSPS) is 11.8. The molecule has 9 heteroatoms. The second kappa shape index (κ2) is 9.34. The number of methoxy groups -OCH3 is 1. The van der Waals surface area contributed by atoms with Crippen molar-refractivity contribution in [1.29, 1.82) is 0 Å². The maximum Gasteiger partial charge on any atom is 0.214 e. The smallest absolute Gasteiger partial charge is 0.214 e. The van der Waals surface area contributed by atoms with Gasteiger partial charge in [-0.1, -0.05) is 11.8 Å². The first-order valence-corrected chi connectivity index (χ1v) is 9.53. The molecular formula is C19H20N4O4S. The van der Waals surface area contributed by atoms with E-state index in [1.807, 2.05) is 24.3 Å². The number of aliphatic hydroxyl groups excluding tert-OH is 1. The average molecular weight is 400 g/mol. The predicted octanol–water partition coefficient (Wildman–Crippen LogP) is 2.41. The highest BCUT2D eigenvalue weighted by molar-refractivity contribution is 7.99. The highest BCUT2D eigenvalue weighted by Gasteiger charge is 2.13. The SMILES string of the molecule is COc1ccc(-n2nnnc2SC[C@H](O)COc2ccc(C(C)=O)cc2)cc1. The minimum Gasteiger partial charge on any atom is -0.497 e. The van der Waals surface area contributed by atoms with Gasteiger partial charge in [0, 0.05) is 11.3 Å². The Balaban J connectivity index is 1.52. The van der Waals surface area contributed by atoms with Crippen LogP contribution in [0.3, 0.4) is 0 Å². The van der Waals surface area contributed by atoms with Gasteiger partial charge in [0.1, 0.15) is 18.1 Å². The summed E-state index contributed by atoms with van der Waals surface area (Å²) in [5.41, 5.74) is 1.42. The van der Waals surface area contributed by atoms with Gasteiger partial charge in [0.15, 0.2) is 5.78 Å². The summed E-state index contributed by atoms with van der Waals surface area (Å²) in [5.74, 6) is 1.70. The summed E-state index contributed by atoms with van der Waals surface area (Å²) in [7, 11) is 1.61. The summed E-state index contributed by atoms with van der Waals surface area (Å²) in [5, 5.41) is 22.4. The Bertz CT molecular complexity index is 912. The third kappa shape index (κ3) is 5.08. The summed E-state index contributed by atoms with van der Waals surface area (Å²) in [4.78, 5) is 11.3. The van der Waals surface area contributed by atoms with E-state index in [9.17, 15) is 9.90 Å². The molecule has 0 amide bonds. The zero-order valence-corrected chi connectivity index (χ0v) is 16.3. The van der Waals surface area contributed by atoms with Crippen LogP contribution in [0.4, 0.5) is 0 Å². The Morgan fingerprint density at radius 2 is 1.82 bits per heavy atom. The fourth-order valence-electron chi connectivity index (χ4n) is 2.35. The van der Waals surface area contributed by atoms with Crippen LogP contribution < -0.4 is 9.47 Å². The number of carbonyl (C=O) groups excluding carboxylic acids is 1. The number of tetrazole rings is 1. The van der Waals surface area contributed by atoms with Gasteiger partial charge in [-0.25, -0.2) is 0 Å². The number of hydrogen-bond acceptors (Lipinski definition) is 8. The number of ketones is 1. The van der Waals surface area contributed by atoms with Gasteiger partial charge in [-0.3, -0.25) is 4.79 Å². The van der Waals surface area contributed by atoms with Crippen LogP contribution in [0.5, 0.6) is 11.5 Å². The molecule has 1 aromatic heterocycles. The molecule has 0 spiro atoms. The minimum atomic E-state index is -0.710. The molecule has 0 saturated carbocycles. The molecular weight excluding hydrogens is 380 g/mol. The van der Waals surface area contributed by atoms with Gasteiger partial charge in [-0.05, 0) is 65.9 Å².